The zero-order valence-corrected chi connectivity index (χ0v) is 17.7. The molecule has 0 radical (unpaired) electrons. The molecule has 9 nitrogen and oxygen atoms in total. The Morgan fingerprint density at radius 2 is 1.86 bits per heavy atom. The molecule has 156 valence electrons. The van der Waals surface area contributed by atoms with Crippen LogP contribution in [0.1, 0.15) is 44.3 Å². The van der Waals surface area contributed by atoms with Crippen molar-refractivity contribution in [1.29, 1.82) is 0 Å². The topological polar surface area (TPSA) is 123 Å². The fourth-order valence-electron chi connectivity index (χ4n) is 3.23. The highest BCUT2D eigenvalue weighted by atomic mass is 32.2. The Balaban J connectivity index is 1.37. The minimum absolute atomic E-state index is 0.221. The highest BCUT2D eigenvalue weighted by molar-refractivity contribution is 8.00. The van der Waals surface area contributed by atoms with Gasteiger partial charge in [-0.1, -0.05) is 11.8 Å². The number of carbonyl (C=O) groups is 1. The van der Waals surface area contributed by atoms with Gasteiger partial charge in [-0.05, 0) is 56.9 Å². The minimum atomic E-state index is -3.46. The van der Waals surface area contributed by atoms with Crippen molar-refractivity contribution in [2.75, 3.05) is 24.2 Å². The molecule has 1 unspecified atom stereocenters. The third-order valence-electron chi connectivity index (χ3n) is 5.11. The number of amides is 1. The van der Waals surface area contributed by atoms with E-state index in [1.165, 1.54) is 32.9 Å². The quantitative estimate of drug-likeness (QED) is 0.501. The highest BCUT2D eigenvalue weighted by Gasteiger charge is 2.31. The van der Waals surface area contributed by atoms with Gasteiger partial charge in [-0.15, -0.1) is 10.2 Å². The van der Waals surface area contributed by atoms with Crippen LogP contribution < -0.4 is 11.2 Å². The highest BCUT2D eigenvalue weighted by Crippen LogP contribution is 2.39. The second-order valence-electron chi connectivity index (χ2n) is 7.37. The fourth-order valence-corrected chi connectivity index (χ4v) is 5.53. The molecule has 0 spiro atoms. The zero-order valence-electron chi connectivity index (χ0n) is 16.1. The van der Waals surface area contributed by atoms with E-state index in [0.717, 1.165) is 31.5 Å². The Bertz CT molecular complexity index is 995. The Morgan fingerprint density at radius 1 is 1.21 bits per heavy atom. The van der Waals surface area contributed by atoms with Gasteiger partial charge in [0.15, 0.2) is 5.82 Å². The standard InChI is InChI=1S/C18H24N6O3S2/c1-12(28-18-22-21-16(24(18)19)13-4-5-13)17(25)20-14-6-8-15(9-7-14)29(26,27)23-10-2-3-11-23/h6-9,12-13H,2-5,10-11,19H2,1H3,(H,20,25). The van der Waals surface area contributed by atoms with Gasteiger partial charge >= 0.3 is 0 Å². The molecule has 3 N–H and O–H groups in total. The summed E-state index contributed by atoms with van der Waals surface area (Å²) in [6.45, 7) is 2.88. The molecule has 2 fully saturated rings. The molecule has 1 amide bonds. The van der Waals surface area contributed by atoms with E-state index in [4.69, 9.17) is 5.84 Å². The summed E-state index contributed by atoms with van der Waals surface area (Å²) in [6.07, 6.45) is 3.92. The van der Waals surface area contributed by atoms with E-state index in [9.17, 15) is 13.2 Å². The lowest BCUT2D eigenvalue weighted by molar-refractivity contribution is -0.115. The molecule has 2 heterocycles. The SMILES string of the molecule is CC(Sc1nnc(C2CC2)n1N)C(=O)Nc1ccc(S(=O)(=O)N2CCCC2)cc1. The van der Waals surface area contributed by atoms with Gasteiger partial charge in [-0.25, -0.2) is 13.1 Å². The van der Waals surface area contributed by atoms with Crippen LogP contribution in [0.25, 0.3) is 0 Å². The van der Waals surface area contributed by atoms with Gasteiger partial charge in [0.25, 0.3) is 0 Å². The summed E-state index contributed by atoms with van der Waals surface area (Å²) >= 11 is 1.24. The van der Waals surface area contributed by atoms with Crippen molar-refractivity contribution in [3.05, 3.63) is 30.1 Å². The third-order valence-corrected chi connectivity index (χ3v) is 8.08. The lowest BCUT2D eigenvalue weighted by Gasteiger charge is -2.16. The molecular weight excluding hydrogens is 412 g/mol. The third kappa shape index (κ3) is 4.26. The van der Waals surface area contributed by atoms with Crippen LogP contribution >= 0.6 is 11.8 Å². The number of benzene rings is 1. The summed E-state index contributed by atoms with van der Waals surface area (Å²) in [5.41, 5.74) is 0.538. The summed E-state index contributed by atoms with van der Waals surface area (Å²) in [6, 6.07) is 6.27. The van der Waals surface area contributed by atoms with Gasteiger partial charge in [-0.2, -0.15) is 4.31 Å². The van der Waals surface area contributed by atoms with Crippen molar-refractivity contribution < 1.29 is 13.2 Å². The number of hydrogen-bond acceptors (Lipinski definition) is 7. The van der Waals surface area contributed by atoms with Crippen LogP contribution in [-0.4, -0.2) is 51.8 Å². The average Bonchev–Trinajstić information content (AvgIpc) is 3.24. The summed E-state index contributed by atoms with van der Waals surface area (Å²) < 4.78 is 28.1. The Kier molecular flexibility index (Phi) is 5.54. The van der Waals surface area contributed by atoms with Gasteiger partial charge in [0.2, 0.25) is 21.1 Å². The second kappa shape index (κ2) is 7.96. The Labute approximate surface area is 174 Å². The molecule has 1 aliphatic carbocycles. The lowest BCUT2D eigenvalue weighted by atomic mass is 10.3. The minimum Gasteiger partial charge on any atom is -0.336 e. The fraction of sp³-hybridized carbons (Fsp3) is 0.500. The molecular formula is C18H24N6O3S2. The van der Waals surface area contributed by atoms with E-state index in [0.29, 0.717) is 29.9 Å². The summed E-state index contributed by atoms with van der Waals surface area (Å²) in [7, 11) is -3.46. The monoisotopic (exact) mass is 436 g/mol. The van der Waals surface area contributed by atoms with Crippen molar-refractivity contribution in [3.8, 4) is 0 Å². The van der Waals surface area contributed by atoms with E-state index in [2.05, 4.69) is 15.5 Å². The molecule has 1 aromatic carbocycles. The number of carbonyl (C=O) groups excluding carboxylic acids is 1. The number of nitrogens with two attached hydrogens (primary N) is 1. The van der Waals surface area contributed by atoms with Crippen LogP contribution in [0.4, 0.5) is 5.69 Å². The first kappa shape index (κ1) is 20.2. The van der Waals surface area contributed by atoms with E-state index in [1.54, 1.807) is 19.1 Å². The van der Waals surface area contributed by atoms with Gasteiger partial charge in [0, 0.05) is 24.7 Å². The molecule has 29 heavy (non-hydrogen) atoms. The van der Waals surface area contributed by atoms with Crippen LogP contribution in [0.2, 0.25) is 0 Å². The van der Waals surface area contributed by atoms with Gasteiger partial charge in [-0.3, -0.25) is 4.79 Å². The largest absolute Gasteiger partial charge is 0.336 e. The van der Waals surface area contributed by atoms with Crippen molar-refractivity contribution >= 4 is 33.4 Å². The van der Waals surface area contributed by atoms with Crippen molar-refractivity contribution in [1.82, 2.24) is 19.2 Å². The lowest BCUT2D eigenvalue weighted by Crippen LogP contribution is -2.28. The molecule has 1 aliphatic heterocycles. The number of nitrogens with one attached hydrogen (secondary N) is 1. The van der Waals surface area contributed by atoms with Gasteiger partial charge < -0.3 is 11.2 Å². The van der Waals surface area contributed by atoms with Crippen molar-refractivity contribution in [2.45, 2.75) is 53.8 Å². The van der Waals surface area contributed by atoms with Crippen LogP contribution in [0.3, 0.4) is 0 Å². The number of aromatic nitrogens is 3. The molecule has 2 aliphatic rings. The maximum Gasteiger partial charge on any atom is 0.243 e. The first-order valence-electron chi connectivity index (χ1n) is 9.64. The molecule has 1 atom stereocenters. The van der Waals surface area contributed by atoms with Gasteiger partial charge in [0.05, 0.1) is 10.1 Å². The summed E-state index contributed by atoms with van der Waals surface area (Å²) in [5, 5.41) is 11.1. The van der Waals surface area contributed by atoms with Crippen LogP contribution in [0.15, 0.2) is 34.3 Å². The van der Waals surface area contributed by atoms with E-state index < -0.39 is 15.3 Å². The number of rotatable bonds is 7. The molecule has 0 bridgehead atoms. The number of anilines is 1. The van der Waals surface area contributed by atoms with E-state index >= 15 is 0 Å². The zero-order chi connectivity index (χ0) is 20.6. The average molecular weight is 437 g/mol. The maximum absolute atomic E-state index is 12.6. The number of hydrogen-bond donors (Lipinski definition) is 2. The smallest absolute Gasteiger partial charge is 0.243 e. The Hall–Kier alpha value is -2.11. The predicted molar refractivity (Wildman–Crippen MR) is 111 cm³/mol. The molecule has 1 saturated carbocycles. The van der Waals surface area contributed by atoms with Crippen LogP contribution in [0.5, 0.6) is 0 Å². The first-order chi connectivity index (χ1) is 13.9. The van der Waals surface area contributed by atoms with E-state index in [-0.39, 0.29) is 10.8 Å². The molecule has 1 saturated heterocycles. The second-order valence-corrected chi connectivity index (χ2v) is 10.6. The number of sulfonamides is 1. The number of nitrogen functional groups attached to an aromatic ring is 1. The molecule has 11 heteroatoms. The molecule has 1 aromatic heterocycles. The number of thioether (sulfide) groups is 1. The van der Waals surface area contributed by atoms with Crippen molar-refractivity contribution in [2.24, 2.45) is 0 Å². The van der Waals surface area contributed by atoms with Crippen LogP contribution in [-0.2, 0) is 14.8 Å². The molecule has 4 rings (SSSR count). The molecule has 2 aromatic rings. The van der Waals surface area contributed by atoms with E-state index in [1.807, 2.05) is 0 Å². The summed E-state index contributed by atoms with van der Waals surface area (Å²) in [4.78, 5) is 12.8. The van der Waals surface area contributed by atoms with Gasteiger partial charge in [0.1, 0.15) is 0 Å². The normalized spacial score (nSPS) is 18.7. The van der Waals surface area contributed by atoms with Crippen LogP contribution in [0, 0.1) is 0 Å². The maximum atomic E-state index is 12.6. The first-order valence-corrected chi connectivity index (χ1v) is 12.0. The van der Waals surface area contributed by atoms with Crippen molar-refractivity contribution in [3.63, 3.8) is 0 Å². The Morgan fingerprint density at radius 3 is 2.48 bits per heavy atom. The summed E-state index contributed by atoms with van der Waals surface area (Å²) in [5.74, 6) is 6.95. The predicted octanol–water partition coefficient (Wildman–Crippen LogP) is 1.77. The number of nitrogens with zero attached hydrogens (tertiary/aromatic N) is 4.